The van der Waals surface area contributed by atoms with E-state index in [0.717, 1.165) is 12.8 Å². The van der Waals surface area contributed by atoms with E-state index in [1.165, 1.54) is 19.9 Å². The topological polar surface area (TPSA) is 62.7 Å². The van der Waals surface area contributed by atoms with Gasteiger partial charge in [-0.25, -0.2) is 14.2 Å². The van der Waals surface area contributed by atoms with Crippen LogP contribution >= 0.6 is 11.6 Å². The van der Waals surface area contributed by atoms with E-state index in [0.29, 0.717) is 19.5 Å². The molecule has 1 aromatic rings. The van der Waals surface area contributed by atoms with Gasteiger partial charge in [-0.05, 0) is 65.9 Å². The molecular weight excluding hydrogens is 359 g/mol. The Morgan fingerprint density at radius 3 is 2.42 bits per heavy atom. The zero-order valence-corrected chi connectivity index (χ0v) is 16.9. The molecule has 7 heteroatoms. The van der Waals surface area contributed by atoms with E-state index in [1.54, 1.807) is 4.90 Å². The van der Waals surface area contributed by atoms with Gasteiger partial charge in [-0.3, -0.25) is 0 Å². The minimum atomic E-state index is -1.33. The highest BCUT2D eigenvalue weighted by Gasteiger charge is 2.29. The maximum atomic E-state index is 14.7. The molecule has 2 heterocycles. The Kier molecular flexibility index (Phi) is 6.18. The summed E-state index contributed by atoms with van der Waals surface area (Å²) in [5, 5.41) is 10.3. The van der Waals surface area contributed by atoms with Crippen LogP contribution in [0.15, 0.2) is 6.07 Å². The maximum Gasteiger partial charge on any atom is 0.410 e. The number of nitrogens with zero attached hydrogens (tertiary/aromatic N) is 2. The van der Waals surface area contributed by atoms with Crippen LogP contribution in [0.4, 0.5) is 9.18 Å². The van der Waals surface area contributed by atoms with E-state index < -0.39 is 17.0 Å². The van der Waals surface area contributed by atoms with Crippen molar-refractivity contribution < 1.29 is 19.0 Å². The molecule has 0 spiro atoms. The fraction of sp³-hybridized carbons (Fsp3) is 0.684. The second-order valence-corrected chi connectivity index (χ2v) is 8.81. The summed E-state index contributed by atoms with van der Waals surface area (Å²) in [4.78, 5) is 17.9. The summed E-state index contributed by atoms with van der Waals surface area (Å²) in [6, 6.07) is 1.37. The van der Waals surface area contributed by atoms with Gasteiger partial charge in [0.2, 0.25) is 0 Å². The van der Waals surface area contributed by atoms with E-state index in [-0.39, 0.29) is 28.4 Å². The van der Waals surface area contributed by atoms with Crippen LogP contribution in [0.3, 0.4) is 0 Å². The lowest BCUT2D eigenvalue weighted by Crippen LogP contribution is -2.42. The summed E-state index contributed by atoms with van der Waals surface area (Å²) >= 11 is 6.01. The molecule has 0 aromatic carbocycles. The molecule has 1 amide bonds. The van der Waals surface area contributed by atoms with Gasteiger partial charge >= 0.3 is 6.09 Å². The molecule has 1 aromatic heterocycles. The number of rotatable bonds is 3. The average molecular weight is 387 g/mol. The number of ether oxygens (including phenoxy) is 1. The van der Waals surface area contributed by atoms with Crippen LogP contribution in [0.1, 0.15) is 58.7 Å². The summed E-state index contributed by atoms with van der Waals surface area (Å²) in [6.45, 7) is 9.69. The van der Waals surface area contributed by atoms with Gasteiger partial charge in [-0.15, -0.1) is 0 Å². The van der Waals surface area contributed by atoms with Crippen molar-refractivity contribution in [3.63, 3.8) is 0 Å². The van der Waals surface area contributed by atoms with E-state index >= 15 is 0 Å². The summed E-state index contributed by atoms with van der Waals surface area (Å²) in [7, 11) is 0. The smallest absolute Gasteiger partial charge is 0.410 e. The molecule has 0 radical (unpaired) electrons. The van der Waals surface area contributed by atoms with Crippen molar-refractivity contribution in [1.29, 1.82) is 0 Å². The van der Waals surface area contributed by atoms with Crippen molar-refractivity contribution in [2.45, 2.75) is 65.1 Å². The third kappa shape index (κ3) is 5.55. The van der Waals surface area contributed by atoms with Crippen molar-refractivity contribution in [3.05, 3.63) is 28.3 Å². The highest BCUT2D eigenvalue weighted by molar-refractivity contribution is 6.29. The normalized spacial score (nSPS) is 16.7. The molecule has 1 aliphatic rings. The predicted octanol–water partition coefficient (Wildman–Crippen LogP) is 4.29. The SMILES string of the molecule is CC(C)(C)OC(=O)N1CCC(Cc2nc(Cl)cc(C(C)(C)O)c2F)CC1. The van der Waals surface area contributed by atoms with E-state index in [1.807, 2.05) is 20.8 Å². The van der Waals surface area contributed by atoms with Gasteiger partial charge < -0.3 is 14.7 Å². The number of aliphatic hydroxyl groups is 1. The van der Waals surface area contributed by atoms with Crippen molar-refractivity contribution in [1.82, 2.24) is 9.88 Å². The van der Waals surface area contributed by atoms with Crippen molar-refractivity contribution >= 4 is 17.7 Å². The predicted molar refractivity (Wildman–Crippen MR) is 98.7 cm³/mol. The van der Waals surface area contributed by atoms with E-state index in [2.05, 4.69) is 4.98 Å². The second kappa shape index (κ2) is 7.69. The summed E-state index contributed by atoms with van der Waals surface area (Å²) in [5.74, 6) is -0.305. The monoisotopic (exact) mass is 386 g/mol. The molecule has 5 nitrogen and oxygen atoms in total. The molecule has 0 unspecified atom stereocenters. The van der Waals surface area contributed by atoms with Crippen LogP contribution in [-0.2, 0) is 16.8 Å². The number of carbonyl (C=O) groups is 1. The molecule has 0 bridgehead atoms. The number of halogens is 2. The molecule has 0 atom stereocenters. The highest BCUT2D eigenvalue weighted by Crippen LogP contribution is 2.30. The molecule has 1 fully saturated rings. The molecule has 1 aliphatic heterocycles. The molecule has 0 aliphatic carbocycles. The van der Waals surface area contributed by atoms with Crippen LogP contribution in [0.2, 0.25) is 5.15 Å². The Bertz CT molecular complexity index is 660. The molecular formula is C19H28ClFN2O3. The Hall–Kier alpha value is -1.40. The first-order valence-electron chi connectivity index (χ1n) is 8.92. The zero-order valence-electron chi connectivity index (χ0n) is 16.1. The summed E-state index contributed by atoms with van der Waals surface area (Å²) in [6.07, 6.45) is 1.60. The number of amides is 1. The average Bonchev–Trinajstić information content (AvgIpc) is 2.48. The number of hydrogen-bond donors (Lipinski definition) is 1. The molecule has 0 saturated carbocycles. The fourth-order valence-corrected chi connectivity index (χ4v) is 3.26. The first kappa shape index (κ1) is 20.9. The number of piperidine rings is 1. The quantitative estimate of drug-likeness (QED) is 0.787. The number of likely N-dealkylation sites (tertiary alicyclic amines) is 1. The number of hydrogen-bond acceptors (Lipinski definition) is 4. The van der Waals surface area contributed by atoms with Crippen LogP contribution in [0.25, 0.3) is 0 Å². The lowest BCUT2D eigenvalue weighted by Gasteiger charge is -2.33. The van der Waals surface area contributed by atoms with Crippen LogP contribution in [0.5, 0.6) is 0 Å². The molecule has 146 valence electrons. The Morgan fingerprint density at radius 2 is 1.92 bits per heavy atom. The first-order chi connectivity index (χ1) is 11.9. The first-order valence-corrected chi connectivity index (χ1v) is 9.30. The minimum Gasteiger partial charge on any atom is -0.444 e. The van der Waals surface area contributed by atoms with Gasteiger partial charge in [0.15, 0.2) is 5.82 Å². The Labute approximate surface area is 159 Å². The highest BCUT2D eigenvalue weighted by atomic mass is 35.5. The van der Waals surface area contributed by atoms with Gasteiger partial charge in [0, 0.05) is 18.7 Å². The largest absolute Gasteiger partial charge is 0.444 e. The minimum absolute atomic E-state index is 0.152. The van der Waals surface area contributed by atoms with Gasteiger partial charge in [-0.1, -0.05) is 11.6 Å². The second-order valence-electron chi connectivity index (χ2n) is 8.43. The van der Waals surface area contributed by atoms with E-state index in [4.69, 9.17) is 16.3 Å². The maximum absolute atomic E-state index is 14.7. The standard InChI is InChI=1S/C19H28ClFN2O3/c1-18(2,3)26-17(24)23-8-6-12(7-9-23)10-14-16(21)13(19(4,5)25)11-15(20)22-14/h11-12,25H,6-10H2,1-5H3. The van der Waals surface area contributed by atoms with E-state index in [9.17, 15) is 14.3 Å². The lowest BCUT2D eigenvalue weighted by atomic mass is 9.90. The number of aromatic nitrogens is 1. The Morgan fingerprint density at radius 1 is 1.35 bits per heavy atom. The van der Waals surface area contributed by atoms with Crippen molar-refractivity contribution in [3.8, 4) is 0 Å². The number of pyridine rings is 1. The number of carbonyl (C=O) groups excluding carboxylic acids is 1. The van der Waals surface area contributed by atoms with Gasteiger partial charge in [-0.2, -0.15) is 0 Å². The molecule has 1 N–H and O–H groups in total. The molecule has 26 heavy (non-hydrogen) atoms. The fourth-order valence-electron chi connectivity index (χ4n) is 3.05. The van der Waals surface area contributed by atoms with Crippen molar-refractivity contribution in [2.75, 3.05) is 13.1 Å². The van der Waals surface area contributed by atoms with Gasteiger partial charge in [0.1, 0.15) is 10.8 Å². The van der Waals surface area contributed by atoms with Gasteiger partial charge in [0.25, 0.3) is 0 Å². The van der Waals surface area contributed by atoms with Crippen LogP contribution in [-0.4, -0.2) is 39.8 Å². The zero-order chi connectivity index (χ0) is 19.7. The van der Waals surface area contributed by atoms with Crippen LogP contribution < -0.4 is 0 Å². The van der Waals surface area contributed by atoms with Gasteiger partial charge in [0.05, 0.1) is 11.3 Å². The third-order valence-electron chi connectivity index (χ3n) is 4.40. The summed E-state index contributed by atoms with van der Waals surface area (Å²) < 4.78 is 20.1. The molecule has 2 rings (SSSR count). The van der Waals surface area contributed by atoms with Crippen molar-refractivity contribution in [2.24, 2.45) is 5.92 Å². The Balaban J connectivity index is 2.02. The lowest BCUT2D eigenvalue weighted by molar-refractivity contribution is 0.0183. The summed E-state index contributed by atoms with van der Waals surface area (Å²) in [5.41, 5.74) is -1.43. The third-order valence-corrected chi connectivity index (χ3v) is 4.60. The van der Waals surface area contributed by atoms with Crippen LogP contribution in [0, 0.1) is 11.7 Å². The molecule has 1 saturated heterocycles.